The quantitative estimate of drug-likeness (QED) is 0.386. The molecular weight excluding hydrogens is 419 g/mol. The van der Waals surface area contributed by atoms with E-state index in [0.29, 0.717) is 6.54 Å². The number of guanidine groups is 1. The van der Waals surface area contributed by atoms with Gasteiger partial charge in [-0.15, -0.1) is 34.2 Å². The van der Waals surface area contributed by atoms with Crippen LogP contribution in [0.3, 0.4) is 0 Å². The van der Waals surface area contributed by atoms with Crippen molar-refractivity contribution in [2.75, 3.05) is 26.7 Å². The Kier molecular flexibility index (Phi) is 8.40. The van der Waals surface area contributed by atoms with Gasteiger partial charge in [0.1, 0.15) is 5.82 Å². The zero-order valence-corrected chi connectivity index (χ0v) is 17.1. The van der Waals surface area contributed by atoms with Gasteiger partial charge >= 0.3 is 0 Å². The molecule has 2 N–H and O–H groups in total. The van der Waals surface area contributed by atoms with Crippen LogP contribution in [0.4, 0.5) is 0 Å². The second-order valence-corrected chi connectivity index (χ2v) is 5.88. The first-order valence-corrected chi connectivity index (χ1v) is 7.91. The first kappa shape index (κ1) is 20.6. The average molecular weight is 446 g/mol. The Labute approximate surface area is 160 Å². The largest absolute Gasteiger partial charge is 0.377 e. The zero-order valence-electron chi connectivity index (χ0n) is 14.7. The number of aromatic nitrogens is 3. The van der Waals surface area contributed by atoms with E-state index in [-0.39, 0.29) is 29.6 Å². The lowest BCUT2D eigenvalue weighted by Gasteiger charge is -2.21. The number of methoxy groups -OCH3 is 1. The van der Waals surface area contributed by atoms with Crippen LogP contribution in [0.1, 0.15) is 26.6 Å². The first-order valence-electron chi connectivity index (χ1n) is 7.91. The second-order valence-electron chi connectivity index (χ2n) is 5.88. The van der Waals surface area contributed by atoms with Crippen molar-refractivity contribution in [2.24, 2.45) is 4.99 Å². The van der Waals surface area contributed by atoms with E-state index in [1.54, 1.807) is 7.11 Å². The molecule has 0 spiro atoms. The molecule has 7 nitrogen and oxygen atoms in total. The number of nitrogens with zero attached hydrogens (tertiary/aromatic N) is 4. The number of fused-ring (bicyclic) bond motifs is 1. The van der Waals surface area contributed by atoms with E-state index in [4.69, 9.17) is 4.74 Å². The third-order valence-corrected chi connectivity index (χ3v) is 3.54. The summed E-state index contributed by atoms with van der Waals surface area (Å²) in [5.74, 6) is 1.72. The zero-order chi connectivity index (χ0) is 16.7. The monoisotopic (exact) mass is 446 g/mol. The Hall–Kier alpha value is -1.42. The van der Waals surface area contributed by atoms with Crippen LogP contribution in [0.15, 0.2) is 29.4 Å². The Morgan fingerprint density at radius 2 is 2.08 bits per heavy atom. The predicted octanol–water partition coefficient (Wildman–Crippen LogP) is 1.87. The fourth-order valence-corrected chi connectivity index (χ4v) is 2.03. The summed E-state index contributed by atoms with van der Waals surface area (Å²) in [5, 5.41) is 14.9. The van der Waals surface area contributed by atoms with Crippen LogP contribution < -0.4 is 10.6 Å². The summed E-state index contributed by atoms with van der Waals surface area (Å²) >= 11 is 0. The average Bonchev–Trinajstić information content (AvgIpc) is 2.96. The van der Waals surface area contributed by atoms with Crippen LogP contribution in [-0.2, 0) is 11.2 Å². The Morgan fingerprint density at radius 3 is 2.79 bits per heavy atom. The van der Waals surface area contributed by atoms with Gasteiger partial charge in [0.15, 0.2) is 11.6 Å². The summed E-state index contributed by atoms with van der Waals surface area (Å²) < 4.78 is 7.39. The van der Waals surface area contributed by atoms with Crippen LogP contribution in [0, 0.1) is 0 Å². The van der Waals surface area contributed by atoms with Gasteiger partial charge in [0.25, 0.3) is 0 Å². The van der Waals surface area contributed by atoms with Crippen LogP contribution in [0.25, 0.3) is 5.65 Å². The molecule has 2 aromatic rings. The molecule has 0 amide bonds. The molecule has 8 heteroatoms. The Balaban J connectivity index is 0.00000288. The molecule has 2 rings (SSSR count). The summed E-state index contributed by atoms with van der Waals surface area (Å²) in [6, 6.07) is 5.88. The maximum Gasteiger partial charge on any atom is 0.191 e. The van der Waals surface area contributed by atoms with E-state index >= 15 is 0 Å². The van der Waals surface area contributed by atoms with Gasteiger partial charge in [0, 0.05) is 32.8 Å². The molecular formula is C16H27IN6O. The van der Waals surface area contributed by atoms with E-state index in [1.165, 1.54) is 0 Å². The number of hydrogen-bond donors (Lipinski definition) is 2. The molecule has 0 aliphatic heterocycles. The van der Waals surface area contributed by atoms with Crippen LogP contribution in [0.2, 0.25) is 0 Å². The van der Waals surface area contributed by atoms with Crippen molar-refractivity contribution >= 4 is 35.6 Å². The number of nitrogens with one attached hydrogen (secondary N) is 2. The van der Waals surface area contributed by atoms with Crippen LogP contribution >= 0.6 is 24.0 Å². The molecule has 0 aliphatic rings. The SMILES string of the molecule is CCNC(=NCC(C)(C)OC)NCCc1nnc2ccccn12.I. The van der Waals surface area contributed by atoms with Gasteiger partial charge in [-0.1, -0.05) is 6.07 Å². The number of rotatable bonds is 7. The molecule has 0 unspecified atom stereocenters. The van der Waals surface area contributed by atoms with Gasteiger partial charge in [-0.25, -0.2) is 0 Å². The maximum atomic E-state index is 5.39. The van der Waals surface area contributed by atoms with E-state index in [2.05, 4.69) is 25.8 Å². The predicted molar refractivity (Wildman–Crippen MR) is 107 cm³/mol. The minimum atomic E-state index is -0.272. The van der Waals surface area contributed by atoms with E-state index in [0.717, 1.165) is 36.9 Å². The molecule has 0 saturated carbocycles. The van der Waals surface area contributed by atoms with Crippen molar-refractivity contribution in [3.63, 3.8) is 0 Å². The molecule has 0 aromatic carbocycles. The van der Waals surface area contributed by atoms with E-state index < -0.39 is 0 Å². The fourth-order valence-electron chi connectivity index (χ4n) is 2.03. The van der Waals surface area contributed by atoms with Crippen LogP contribution in [0.5, 0.6) is 0 Å². The minimum Gasteiger partial charge on any atom is -0.377 e. The van der Waals surface area contributed by atoms with Gasteiger partial charge < -0.3 is 15.4 Å². The standard InChI is InChI=1S/C16H26N6O.HI/c1-5-17-15(19-12-16(2,3)23-4)18-10-9-14-21-20-13-8-6-7-11-22(13)14;/h6-8,11H,5,9-10,12H2,1-4H3,(H2,17,18,19);1H. The van der Waals surface area contributed by atoms with Crippen molar-refractivity contribution in [3.8, 4) is 0 Å². The van der Waals surface area contributed by atoms with Gasteiger partial charge in [-0.05, 0) is 32.9 Å². The van der Waals surface area contributed by atoms with Crippen molar-refractivity contribution in [1.82, 2.24) is 25.2 Å². The molecule has 24 heavy (non-hydrogen) atoms. The number of ether oxygens (including phenoxy) is 1. The Bertz CT molecular complexity index is 655. The van der Waals surface area contributed by atoms with Gasteiger partial charge in [0.2, 0.25) is 0 Å². The Morgan fingerprint density at radius 1 is 1.29 bits per heavy atom. The molecule has 0 bridgehead atoms. The first-order chi connectivity index (χ1) is 11.1. The lowest BCUT2D eigenvalue weighted by molar-refractivity contribution is 0.0310. The molecule has 0 fully saturated rings. The third-order valence-electron chi connectivity index (χ3n) is 3.54. The number of aliphatic imine (C=N–C) groups is 1. The summed E-state index contributed by atoms with van der Waals surface area (Å²) in [6.45, 7) is 8.21. The lowest BCUT2D eigenvalue weighted by atomic mass is 10.1. The summed E-state index contributed by atoms with van der Waals surface area (Å²) in [7, 11) is 1.70. The molecule has 0 aliphatic carbocycles. The van der Waals surface area contributed by atoms with E-state index in [9.17, 15) is 0 Å². The topological polar surface area (TPSA) is 75.8 Å². The number of hydrogen-bond acceptors (Lipinski definition) is 4. The van der Waals surface area contributed by atoms with Crippen LogP contribution in [-0.4, -0.2) is 52.9 Å². The van der Waals surface area contributed by atoms with Gasteiger partial charge in [-0.2, -0.15) is 0 Å². The summed E-state index contributed by atoms with van der Waals surface area (Å²) in [4.78, 5) is 4.56. The molecule has 0 saturated heterocycles. The minimum absolute atomic E-state index is 0. The third kappa shape index (κ3) is 5.90. The van der Waals surface area contributed by atoms with Crippen molar-refractivity contribution < 1.29 is 4.74 Å². The molecule has 2 aromatic heterocycles. The molecule has 2 heterocycles. The molecule has 0 atom stereocenters. The second kappa shape index (κ2) is 9.77. The normalized spacial score (nSPS) is 12.1. The van der Waals surface area contributed by atoms with Crippen molar-refractivity contribution in [2.45, 2.75) is 32.8 Å². The van der Waals surface area contributed by atoms with Gasteiger partial charge in [0.05, 0.1) is 12.1 Å². The highest BCUT2D eigenvalue weighted by Crippen LogP contribution is 2.07. The summed E-state index contributed by atoms with van der Waals surface area (Å²) in [5.41, 5.74) is 0.593. The molecule has 0 radical (unpaired) electrons. The van der Waals surface area contributed by atoms with E-state index in [1.807, 2.05) is 49.6 Å². The number of halogens is 1. The fraction of sp³-hybridized carbons (Fsp3) is 0.562. The smallest absolute Gasteiger partial charge is 0.191 e. The highest BCUT2D eigenvalue weighted by Gasteiger charge is 2.15. The van der Waals surface area contributed by atoms with Crippen molar-refractivity contribution in [3.05, 3.63) is 30.2 Å². The highest BCUT2D eigenvalue weighted by molar-refractivity contribution is 14.0. The summed E-state index contributed by atoms with van der Waals surface area (Å²) in [6.07, 6.45) is 2.74. The number of pyridine rings is 1. The molecule has 134 valence electrons. The van der Waals surface area contributed by atoms with Crippen molar-refractivity contribution in [1.29, 1.82) is 0 Å². The highest BCUT2D eigenvalue weighted by atomic mass is 127. The van der Waals surface area contributed by atoms with Gasteiger partial charge in [-0.3, -0.25) is 9.39 Å². The lowest BCUT2D eigenvalue weighted by Crippen LogP contribution is -2.40. The maximum absolute atomic E-state index is 5.39.